The molecule has 5 nitrogen and oxygen atoms in total. The van der Waals surface area contributed by atoms with Crippen LogP contribution in [0.3, 0.4) is 0 Å². The third kappa shape index (κ3) is 4.21. The van der Waals surface area contributed by atoms with Gasteiger partial charge in [0.25, 0.3) is 5.56 Å². The highest BCUT2D eigenvalue weighted by Gasteiger charge is 2.23. The van der Waals surface area contributed by atoms with E-state index < -0.39 is 0 Å². The van der Waals surface area contributed by atoms with E-state index in [2.05, 4.69) is 5.32 Å². The van der Waals surface area contributed by atoms with E-state index in [1.807, 2.05) is 44.2 Å². The van der Waals surface area contributed by atoms with E-state index in [1.165, 1.54) is 9.44 Å². The number of aryl methyl sites for hydroxylation is 4. The van der Waals surface area contributed by atoms with Crippen molar-refractivity contribution >= 4 is 44.7 Å². The van der Waals surface area contributed by atoms with Gasteiger partial charge in [-0.25, -0.2) is 4.98 Å². The van der Waals surface area contributed by atoms with Gasteiger partial charge in [0, 0.05) is 21.2 Å². The summed E-state index contributed by atoms with van der Waals surface area (Å²) in [6.45, 7) is 3.78. The molecule has 0 radical (unpaired) electrons. The molecule has 0 aliphatic heterocycles. The molecule has 0 saturated carbocycles. The lowest BCUT2D eigenvalue weighted by atomic mass is 9.97. The molecule has 0 bridgehead atoms. The Hall–Kier alpha value is -2.96. The van der Waals surface area contributed by atoms with E-state index in [-0.39, 0.29) is 18.0 Å². The van der Waals surface area contributed by atoms with E-state index in [0.717, 1.165) is 52.8 Å². The standard InChI is InChI=1S/C26H24ClN3O2S/c1-15-6-5-7-17(12-15)24-29-25-23(19-8-3-4-9-21(19)33-25)26(32)30(24)14-22(31)28-20-13-18(27)11-10-16(20)2/h5-7,10-13H,3-4,8-9,14H2,1-2H3,(H,28,31). The molecule has 0 atom stereocenters. The fourth-order valence-corrected chi connectivity index (χ4v) is 5.88. The van der Waals surface area contributed by atoms with Crippen LogP contribution in [-0.4, -0.2) is 15.5 Å². The smallest absolute Gasteiger partial charge is 0.263 e. The molecule has 7 heteroatoms. The molecule has 168 valence electrons. The van der Waals surface area contributed by atoms with Crippen molar-refractivity contribution in [1.82, 2.24) is 9.55 Å². The second-order valence-corrected chi connectivity index (χ2v) is 10.1. The molecule has 4 aromatic rings. The van der Waals surface area contributed by atoms with Crippen molar-refractivity contribution in [1.29, 1.82) is 0 Å². The zero-order chi connectivity index (χ0) is 23.1. The van der Waals surface area contributed by atoms with Crippen LogP contribution in [0.5, 0.6) is 0 Å². The molecule has 0 spiro atoms. The summed E-state index contributed by atoms with van der Waals surface area (Å²) in [4.78, 5) is 33.8. The first kappa shape index (κ1) is 21.9. The summed E-state index contributed by atoms with van der Waals surface area (Å²) in [7, 11) is 0. The molecule has 5 rings (SSSR count). The Morgan fingerprint density at radius 2 is 1.97 bits per heavy atom. The van der Waals surface area contributed by atoms with E-state index >= 15 is 0 Å². The highest BCUT2D eigenvalue weighted by atomic mass is 35.5. The largest absolute Gasteiger partial charge is 0.324 e. The topological polar surface area (TPSA) is 64.0 Å². The van der Waals surface area contributed by atoms with Crippen LogP contribution in [0, 0.1) is 13.8 Å². The minimum Gasteiger partial charge on any atom is -0.324 e. The van der Waals surface area contributed by atoms with Crippen LogP contribution in [0.4, 0.5) is 5.69 Å². The third-order valence-corrected chi connectivity index (χ3v) is 7.55. The molecule has 2 heterocycles. The van der Waals surface area contributed by atoms with Gasteiger partial charge < -0.3 is 5.32 Å². The molecule has 1 amide bonds. The minimum atomic E-state index is -0.290. The molecule has 1 N–H and O–H groups in total. The number of hydrogen-bond donors (Lipinski definition) is 1. The molecular weight excluding hydrogens is 454 g/mol. The molecule has 1 aliphatic carbocycles. The average Bonchev–Trinajstić information content (AvgIpc) is 3.17. The number of carbonyl (C=O) groups is 1. The summed E-state index contributed by atoms with van der Waals surface area (Å²) in [6, 6.07) is 13.2. The lowest BCUT2D eigenvalue weighted by Gasteiger charge is -2.15. The highest BCUT2D eigenvalue weighted by Crippen LogP contribution is 2.35. The summed E-state index contributed by atoms with van der Waals surface area (Å²) in [5.74, 6) is 0.231. The number of amides is 1. The molecule has 0 unspecified atom stereocenters. The normalized spacial score (nSPS) is 13.2. The minimum absolute atomic E-state index is 0.123. The van der Waals surface area contributed by atoms with Crippen LogP contribution in [0.15, 0.2) is 47.3 Å². The fraction of sp³-hybridized carbons (Fsp3) is 0.269. The van der Waals surface area contributed by atoms with Gasteiger partial charge in [-0.05, 0) is 68.9 Å². The van der Waals surface area contributed by atoms with E-state index in [9.17, 15) is 9.59 Å². The van der Waals surface area contributed by atoms with Crippen molar-refractivity contribution in [2.45, 2.75) is 46.1 Å². The van der Waals surface area contributed by atoms with Crippen molar-refractivity contribution in [2.24, 2.45) is 0 Å². The van der Waals surface area contributed by atoms with Crippen LogP contribution in [0.25, 0.3) is 21.6 Å². The van der Waals surface area contributed by atoms with Gasteiger partial charge in [-0.15, -0.1) is 11.3 Å². The molecule has 0 fully saturated rings. The van der Waals surface area contributed by atoms with E-state index in [1.54, 1.807) is 23.5 Å². The van der Waals surface area contributed by atoms with Gasteiger partial charge in [-0.1, -0.05) is 41.4 Å². The van der Waals surface area contributed by atoms with Crippen molar-refractivity contribution in [3.8, 4) is 11.4 Å². The van der Waals surface area contributed by atoms with Gasteiger partial charge in [-0.2, -0.15) is 0 Å². The highest BCUT2D eigenvalue weighted by molar-refractivity contribution is 7.18. The number of hydrogen-bond acceptors (Lipinski definition) is 4. The predicted molar refractivity (Wildman–Crippen MR) is 136 cm³/mol. The quantitative estimate of drug-likeness (QED) is 0.397. The van der Waals surface area contributed by atoms with Gasteiger partial charge in [-0.3, -0.25) is 14.2 Å². The molecule has 2 aromatic carbocycles. The Morgan fingerprint density at radius 3 is 2.79 bits per heavy atom. The summed E-state index contributed by atoms with van der Waals surface area (Å²) < 4.78 is 1.52. The molecule has 2 aromatic heterocycles. The average molecular weight is 478 g/mol. The maximum Gasteiger partial charge on any atom is 0.263 e. The van der Waals surface area contributed by atoms with Gasteiger partial charge in [0.2, 0.25) is 5.91 Å². The number of anilines is 1. The van der Waals surface area contributed by atoms with Crippen molar-refractivity contribution in [3.63, 3.8) is 0 Å². The Morgan fingerprint density at radius 1 is 1.15 bits per heavy atom. The summed E-state index contributed by atoms with van der Waals surface area (Å²) in [6.07, 6.45) is 4.10. The van der Waals surface area contributed by atoms with E-state index in [4.69, 9.17) is 16.6 Å². The number of nitrogens with one attached hydrogen (secondary N) is 1. The van der Waals surface area contributed by atoms with Crippen LogP contribution in [0.1, 0.15) is 34.4 Å². The van der Waals surface area contributed by atoms with Gasteiger partial charge in [0.05, 0.1) is 5.39 Å². The maximum absolute atomic E-state index is 13.8. The zero-order valence-electron chi connectivity index (χ0n) is 18.6. The lowest BCUT2D eigenvalue weighted by Crippen LogP contribution is -2.30. The lowest BCUT2D eigenvalue weighted by molar-refractivity contribution is -0.116. The van der Waals surface area contributed by atoms with Crippen molar-refractivity contribution in [3.05, 3.63) is 79.4 Å². The fourth-order valence-electron chi connectivity index (χ4n) is 4.45. The summed E-state index contributed by atoms with van der Waals surface area (Å²) in [5, 5.41) is 4.13. The van der Waals surface area contributed by atoms with Crippen LogP contribution < -0.4 is 10.9 Å². The first-order valence-electron chi connectivity index (χ1n) is 11.1. The summed E-state index contributed by atoms with van der Waals surface area (Å²) in [5.41, 5.74) is 4.41. The monoisotopic (exact) mass is 477 g/mol. The number of halogens is 1. The Bertz CT molecular complexity index is 1450. The molecule has 0 saturated heterocycles. The third-order valence-electron chi connectivity index (χ3n) is 6.13. The van der Waals surface area contributed by atoms with Crippen LogP contribution >= 0.6 is 22.9 Å². The number of aromatic nitrogens is 2. The Labute approximate surface area is 201 Å². The summed E-state index contributed by atoms with van der Waals surface area (Å²) >= 11 is 7.73. The second-order valence-electron chi connectivity index (χ2n) is 8.59. The predicted octanol–water partition coefficient (Wildman–Crippen LogP) is 5.91. The van der Waals surface area contributed by atoms with Crippen molar-refractivity contribution in [2.75, 3.05) is 5.32 Å². The van der Waals surface area contributed by atoms with E-state index in [0.29, 0.717) is 21.9 Å². The van der Waals surface area contributed by atoms with Crippen LogP contribution in [0.2, 0.25) is 5.02 Å². The first-order valence-corrected chi connectivity index (χ1v) is 12.3. The first-order chi connectivity index (χ1) is 15.9. The maximum atomic E-state index is 13.8. The number of nitrogens with zero attached hydrogens (tertiary/aromatic N) is 2. The van der Waals surface area contributed by atoms with Gasteiger partial charge in [0.15, 0.2) is 0 Å². The molecule has 33 heavy (non-hydrogen) atoms. The Kier molecular flexibility index (Phi) is 5.81. The number of benzene rings is 2. The van der Waals surface area contributed by atoms with Gasteiger partial charge in [0.1, 0.15) is 17.2 Å². The molecular formula is C26H24ClN3O2S. The zero-order valence-corrected chi connectivity index (χ0v) is 20.1. The molecule has 1 aliphatic rings. The Balaban J connectivity index is 1.63. The number of rotatable bonds is 4. The number of carbonyl (C=O) groups excluding carboxylic acids is 1. The van der Waals surface area contributed by atoms with Crippen LogP contribution in [-0.2, 0) is 24.2 Å². The number of fused-ring (bicyclic) bond motifs is 3. The number of thiophene rings is 1. The van der Waals surface area contributed by atoms with Gasteiger partial charge >= 0.3 is 0 Å². The SMILES string of the molecule is Cc1cccc(-c2nc3sc4c(c3c(=O)n2CC(=O)Nc2cc(Cl)ccc2C)CCCC4)c1. The van der Waals surface area contributed by atoms with Crippen molar-refractivity contribution < 1.29 is 4.79 Å². The second kappa shape index (κ2) is 8.76.